The normalized spacial score (nSPS) is 17.7. The number of halogens is 1. The average Bonchev–Trinajstić information content (AvgIpc) is 3.94. The molecule has 7 nitrogen and oxygen atoms in total. The molecule has 0 saturated heterocycles. The van der Waals surface area contributed by atoms with Gasteiger partial charge in [-0.1, -0.05) is 30.3 Å². The lowest BCUT2D eigenvalue weighted by molar-refractivity contribution is 0.627. The van der Waals surface area contributed by atoms with Crippen molar-refractivity contribution in [1.29, 1.82) is 0 Å². The van der Waals surface area contributed by atoms with Crippen molar-refractivity contribution >= 4 is 45.1 Å². The van der Waals surface area contributed by atoms with Crippen LogP contribution >= 0.6 is 0 Å². The summed E-state index contributed by atoms with van der Waals surface area (Å²) in [7, 11) is 0. The van der Waals surface area contributed by atoms with Gasteiger partial charge in [0.1, 0.15) is 5.82 Å². The van der Waals surface area contributed by atoms with E-state index in [0.717, 1.165) is 56.5 Å². The number of hydrogen-bond acceptors (Lipinski definition) is 7. The van der Waals surface area contributed by atoms with Gasteiger partial charge in [0.25, 0.3) is 0 Å². The Kier molecular flexibility index (Phi) is 6.83. The van der Waals surface area contributed by atoms with Gasteiger partial charge >= 0.3 is 0 Å². The highest BCUT2D eigenvalue weighted by Gasteiger charge is 2.34. The van der Waals surface area contributed by atoms with Gasteiger partial charge in [0.15, 0.2) is 0 Å². The number of rotatable bonds is 4. The zero-order valence-corrected chi connectivity index (χ0v) is 25.9. The lowest BCUT2D eigenvalue weighted by Gasteiger charge is -2.16. The molecule has 0 spiro atoms. The van der Waals surface area contributed by atoms with Crippen molar-refractivity contribution in [3.63, 3.8) is 0 Å². The van der Waals surface area contributed by atoms with Gasteiger partial charge in [-0.25, -0.2) is 24.4 Å². The zero-order valence-electron chi connectivity index (χ0n) is 25.9. The molecule has 0 radical (unpaired) electrons. The number of allylic oxidation sites excluding steroid dienone is 12. The summed E-state index contributed by atoms with van der Waals surface area (Å²) < 4.78 is 14.2. The molecule has 8 heteroatoms. The van der Waals surface area contributed by atoms with Crippen molar-refractivity contribution < 1.29 is 4.39 Å². The van der Waals surface area contributed by atoms with E-state index in [1.54, 1.807) is 30.7 Å². The Balaban J connectivity index is 1.42. The smallest absolute Gasteiger partial charge is 0.123 e. The van der Waals surface area contributed by atoms with E-state index in [1.165, 1.54) is 12.1 Å². The number of pyridine rings is 3. The van der Waals surface area contributed by atoms with Crippen LogP contribution in [0, 0.1) is 5.82 Å². The molecule has 3 aromatic heterocycles. The molecule has 5 aliphatic rings. The zero-order chi connectivity index (χ0) is 32.7. The Hall–Kier alpha value is -6.80. The molecular weight excluding hydrogens is 609 g/mol. The number of aromatic nitrogens is 3. The van der Waals surface area contributed by atoms with E-state index < -0.39 is 0 Å². The van der Waals surface area contributed by atoms with Crippen LogP contribution in [0.2, 0.25) is 0 Å². The van der Waals surface area contributed by atoms with Crippen LogP contribution in [-0.2, 0) is 0 Å². The summed E-state index contributed by atoms with van der Waals surface area (Å²) in [6.45, 7) is 0. The quantitative estimate of drug-likeness (QED) is 0.228. The van der Waals surface area contributed by atoms with Crippen molar-refractivity contribution in [2.75, 3.05) is 0 Å². The molecule has 4 aromatic rings. The summed E-state index contributed by atoms with van der Waals surface area (Å²) in [6.07, 6.45) is 21.0. The Morgan fingerprint density at radius 3 is 1.63 bits per heavy atom. The number of aliphatic imine (C=N–C) groups is 4. The third kappa shape index (κ3) is 5.31. The van der Waals surface area contributed by atoms with Crippen LogP contribution < -0.4 is 0 Å². The number of benzene rings is 1. The Bertz CT molecular complexity index is 2430. The number of hydrogen-bond donors (Lipinski definition) is 0. The number of fused-ring (bicyclic) bond motifs is 4. The van der Waals surface area contributed by atoms with Crippen molar-refractivity contribution in [3.8, 4) is 0 Å². The predicted molar refractivity (Wildman–Crippen MR) is 193 cm³/mol. The van der Waals surface area contributed by atoms with E-state index in [4.69, 9.17) is 34.9 Å². The summed E-state index contributed by atoms with van der Waals surface area (Å²) in [5, 5.41) is 0. The highest BCUT2D eigenvalue weighted by Crippen LogP contribution is 2.45. The minimum absolute atomic E-state index is 0.319. The van der Waals surface area contributed by atoms with Crippen molar-refractivity contribution in [3.05, 3.63) is 197 Å². The molecule has 49 heavy (non-hydrogen) atoms. The van der Waals surface area contributed by atoms with Gasteiger partial charge in [-0.15, -0.1) is 0 Å². The van der Waals surface area contributed by atoms with Gasteiger partial charge in [-0.05, 0) is 103 Å². The molecule has 230 valence electrons. The topological polar surface area (TPSA) is 88.1 Å². The molecule has 0 unspecified atom stereocenters. The molecular formula is C41H24FN7. The second kappa shape index (κ2) is 11.8. The van der Waals surface area contributed by atoms with E-state index in [0.29, 0.717) is 34.1 Å². The van der Waals surface area contributed by atoms with Crippen LogP contribution in [0.3, 0.4) is 0 Å². The van der Waals surface area contributed by atoms with E-state index in [2.05, 4.69) is 0 Å². The van der Waals surface area contributed by atoms with Crippen molar-refractivity contribution in [1.82, 2.24) is 15.0 Å². The third-order valence-electron chi connectivity index (χ3n) is 8.40. The van der Waals surface area contributed by atoms with Gasteiger partial charge in [-0.3, -0.25) is 15.0 Å². The monoisotopic (exact) mass is 633 g/mol. The molecule has 0 amide bonds. The molecule has 0 saturated carbocycles. The van der Waals surface area contributed by atoms with Crippen LogP contribution in [0.1, 0.15) is 22.6 Å². The van der Waals surface area contributed by atoms with Crippen molar-refractivity contribution in [2.24, 2.45) is 20.0 Å². The summed E-state index contributed by atoms with van der Waals surface area (Å²) in [4.78, 5) is 34.8. The van der Waals surface area contributed by atoms with Gasteiger partial charge in [-0.2, -0.15) is 0 Å². The molecule has 0 fully saturated rings. The molecule has 8 heterocycles. The maximum absolute atomic E-state index is 14.2. The standard InChI is InChI=1S/C41H24FN7/c42-26-12-10-25(11-13-26)32-23-31-22-29-15-14-27(46-29)21-28-16-17-30(47-28)24-36-37(33-7-1-4-18-43-33)38(34-8-2-5-19-44-34)41(49-36)39(40(32)48-31)35-9-3-6-20-45-35/h1-24H. The maximum atomic E-state index is 14.2. The first-order chi connectivity index (χ1) is 24.2. The number of nitrogens with zero attached hydrogens (tertiary/aromatic N) is 7. The summed E-state index contributed by atoms with van der Waals surface area (Å²) in [6, 6.07) is 23.9. The second-order valence-electron chi connectivity index (χ2n) is 11.6. The maximum Gasteiger partial charge on any atom is 0.123 e. The molecule has 1 aromatic carbocycles. The van der Waals surface area contributed by atoms with Gasteiger partial charge in [0, 0.05) is 35.3 Å². The highest BCUT2D eigenvalue weighted by molar-refractivity contribution is 6.50. The lowest BCUT2D eigenvalue weighted by Crippen LogP contribution is -2.08. The predicted octanol–water partition coefficient (Wildman–Crippen LogP) is 8.01. The molecule has 0 aliphatic carbocycles. The molecule has 9 rings (SSSR count). The first-order valence-electron chi connectivity index (χ1n) is 15.7. The Labute approximate surface area is 281 Å². The largest absolute Gasteiger partial charge is 0.256 e. The highest BCUT2D eigenvalue weighted by atomic mass is 19.1. The second-order valence-corrected chi connectivity index (χ2v) is 11.6. The van der Waals surface area contributed by atoms with E-state index in [1.807, 2.05) is 103 Å². The fourth-order valence-corrected chi connectivity index (χ4v) is 6.26. The summed E-state index contributed by atoms with van der Waals surface area (Å²) >= 11 is 0. The van der Waals surface area contributed by atoms with E-state index in [-0.39, 0.29) is 5.82 Å². The third-order valence-corrected chi connectivity index (χ3v) is 8.40. The van der Waals surface area contributed by atoms with Crippen LogP contribution in [0.25, 0.3) is 22.3 Å². The Morgan fingerprint density at radius 2 is 1.02 bits per heavy atom. The van der Waals surface area contributed by atoms with Gasteiger partial charge in [0.05, 0.1) is 68.3 Å². The average molecular weight is 634 g/mol. The van der Waals surface area contributed by atoms with Crippen LogP contribution in [0.4, 0.5) is 4.39 Å². The van der Waals surface area contributed by atoms with Crippen LogP contribution in [-0.4, -0.2) is 37.8 Å². The lowest BCUT2D eigenvalue weighted by atomic mass is 9.89. The SMILES string of the molecule is Fc1ccc(C2=CC3=CC4=NC(=CC5=NC(=CC6=NC(=C(c7ccccn7)C2=N3)C(c2ccccn2)=C6c2ccccn2)C=C5)C=C4)cc1. The fraction of sp³-hybridized carbons (Fsp3) is 0. The molecule has 8 bridgehead atoms. The van der Waals surface area contributed by atoms with Crippen LogP contribution in [0.15, 0.2) is 189 Å². The van der Waals surface area contributed by atoms with E-state index in [9.17, 15) is 4.39 Å². The molecule has 0 atom stereocenters. The first kappa shape index (κ1) is 28.4. The van der Waals surface area contributed by atoms with Gasteiger partial charge < -0.3 is 0 Å². The first-order valence-corrected chi connectivity index (χ1v) is 15.7. The molecule has 5 aliphatic heterocycles. The minimum Gasteiger partial charge on any atom is -0.256 e. The van der Waals surface area contributed by atoms with Crippen molar-refractivity contribution in [2.45, 2.75) is 0 Å². The van der Waals surface area contributed by atoms with E-state index >= 15 is 0 Å². The Morgan fingerprint density at radius 1 is 0.449 bits per heavy atom. The van der Waals surface area contributed by atoms with Gasteiger partial charge in [0.2, 0.25) is 0 Å². The summed E-state index contributed by atoms with van der Waals surface area (Å²) in [5.74, 6) is -0.319. The molecule has 0 N–H and O–H groups in total. The minimum atomic E-state index is -0.319. The summed E-state index contributed by atoms with van der Waals surface area (Å²) in [5.41, 5.74) is 11.7. The van der Waals surface area contributed by atoms with Crippen LogP contribution in [0.5, 0.6) is 0 Å². The fourth-order valence-electron chi connectivity index (χ4n) is 6.26.